The second-order valence-corrected chi connectivity index (χ2v) is 4.69. The molecule has 0 saturated carbocycles. The number of ether oxygens (including phenoxy) is 2. The Labute approximate surface area is 128 Å². The van der Waals surface area contributed by atoms with E-state index in [1.807, 2.05) is 53.2 Å². The molecule has 0 bridgehead atoms. The van der Waals surface area contributed by atoms with E-state index in [9.17, 15) is 4.79 Å². The number of amides is 1. The third kappa shape index (κ3) is 8.83. The van der Waals surface area contributed by atoms with Crippen molar-refractivity contribution in [1.29, 1.82) is 0 Å². The first-order valence-corrected chi connectivity index (χ1v) is 7.56. The summed E-state index contributed by atoms with van der Waals surface area (Å²) in [5.41, 5.74) is 0. The quantitative estimate of drug-likeness (QED) is 0.387. The third-order valence-corrected chi connectivity index (χ3v) is 3.14. The minimum absolute atomic E-state index is 0.0862. The molecule has 4 nitrogen and oxygen atoms in total. The molecule has 0 aromatic heterocycles. The first-order valence-electron chi connectivity index (χ1n) is 6.48. The van der Waals surface area contributed by atoms with Gasteiger partial charge in [0.2, 0.25) is 0 Å². The van der Waals surface area contributed by atoms with E-state index in [-0.39, 0.29) is 12.5 Å². The van der Waals surface area contributed by atoms with Crippen LogP contribution in [0.1, 0.15) is 25.7 Å². The molecule has 0 aliphatic carbocycles. The molecule has 1 aromatic carbocycles. The van der Waals surface area contributed by atoms with Gasteiger partial charge in [0, 0.05) is 6.61 Å². The van der Waals surface area contributed by atoms with E-state index in [4.69, 9.17) is 9.47 Å². The third-order valence-electron chi connectivity index (χ3n) is 2.53. The lowest BCUT2D eigenvalue weighted by Gasteiger charge is -2.06. The lowest BCUT2D eigenvalue weighted by atomic mass is 10.2. The summed E-state index contributed by atoms with van der Waals surface area (Å²) in [7, 11) is 0. The van der Waals surface area contributed by atoms with Gasteiger partial charge in [-0.25, -0.2) is 0 Å². The Balaban J connectivity index is 1.85. The van der Waals surface area contributed by atoms with Crippen molar-refractivity contribution < 1.29 is 14.3 Å². The maximum Gasteiger partial charge on any atom is 0.254 e. The van der Waals surface area contributed by atoms with Crippen LogP contribution in [0.3, 0.4) is 0 Å². The van der Waals surface area contributed by atoms with Crippen molar-refractivity contribution in [2.24, 2.45) is 0 Å². The highest BCUT2D eigenvalue weighted by molar-refractivity contribution is 14.1. The summed E-state index contributed by atoms with van der Waals surface area (Å²) in [4.78, 5) is 10.9. The van der Waals surface area contributed by atoms with Gasteiger partial charge in [0.05, 0.1) is 29.5 Å². The highest BCUT2D eigenvalue weighted by Gasteiger charge is 1.98. The molecule has 0 heterocycles. The van der Waals surface area contributed by atoms with Gasteiger partial charge in [0.25, 0.3) is 5.91 Å². The Morgan fingerprint density at radius 2 is 1.74 bits per heavy atom. The topological polar surface area (TPSA) is 47.6 Å². The van der Waals surface area contributed by atoms with Crippen LogP contribution in [-0.4, -0.2) is 25.7 Å². The molecule has 0 radical (unpaired) electrons. The highest BCUT2D eigenvalue weighted by atomic mass is 127. The summed E-state index contributed by atoms with van der Waals surface area (Å²) in [5, 5.41) is 0. The van der Waals surface area contributed by atoms with Gasteiger partial charge in [-0.1, -0.05) is 24.6 Å². The smallest absolute Gasteiger partial charge is 0.254 e. The van der Waals surface area contributed by atoms with Gasteiger partial charge >= 0.3 is 0 Å². The fourth-order valence-electron chi connectivity index (χ4n) is 1.56. The normalized spacial score (nSPS) is 10.2. The van der Waals surface area contributed by atoms with Gasteiger partial charge in [-0.15, -0.1) is 0 Å². The molecular formula is C14H20INO3. The minimum Gasteiger partial charge on any atom is -0.494 e. The number of hydrogen-bond acceptors (Lipinski definition) is 3. The first kappa shape index (κ1) is 16.2. The second kappa shape index (κ2) is 11.0. The predicted octanol–water partition coefficient (Wildman–Crippen LogP) is 3.11. The summed E-state index contributed by atoms with van der Waals surface area (Å²) in [5.74, 6) is 0.840. The van der Waals surface area contributed by atoms with Crippen LogP contribution in [-0.2, 0) is 9.53 Å². The number of hydrogen-bond donors (Lipinski definition) is 1. The lowest BCUT2D eigenvalue weighted by Crippen LogP contribution is -2.18. The second-order valence-electron chi connectivity index (χ2n) is 4.15. The van der Waals surface area contributed by atoms with Crippen LogP contribution in [0.15, 0.2) is 30.3 Å². The van der Waals surface area contributed by atoms with Crippen LogP contribution in [0.25, 0.3) is 0 Å². The average Bonchev–Trinajstić information content (AvgIpc) is 2.46. The zero-order chi connectivity index (χ0) is 13.8. The van der Waals surface area contributed by atoms with Crippen molar-refractivity contribution in [3.63, 3.8) is 0 Å². The van der Waals surface area contributed by atoms with E-state index in [1.54, 1.807) is 0 Å². The Morgan fingerprint density at radius 3 is 2.42 bits per heavy atom. The fourth-order valence-corrected chi connectivity index (χ4v) is 1.71. The van der Waals surface area contributed by atoms with E-state index >= 15 is 0 Å². The van der Waals surface area contributed by atoms with Crippen molar-refractivity contribution in [1.82, 2.24) is 3.53 Å². The van der Waals surface area contributed by atoms with Gasteiger partial charge in [0.15, 0.2) is 0 Å². The number of carbonyl (C=O) groups excluding carboxylic acids is 1. The first-order chi connectivity index (χ1) is 9.33. The van der Waals surface area contributed by atoms with Gasteiger partial charge < -0.3 is 9.47 Å². The Hall–Kier alpha value is -0.820. The maximum absolute atomic E-state index is 10.9. The fraction of sp³-hybridized carbons (Fsp3) is 0.500. The highest BCUT2D eigenvalue weighted by Crippen LogP contribution is 2.09. The lowest BCUT2D eigenvalue weighted by molar-refractivity contribution is -0.123. The number of unbranched alkanes of at least 4 members (excludes halogenated alkanes) is 3. The average molecular weight is 377 g/mol. The van der Waals surface area contributed by atoms with Gasteiger partial charge in [-0.2, -0.15) is 0 Å². The summed E-state index contributed by atoms with van der Waals surface area (Å²) >= 11 is 1.81. The molecule has 1 aromatic rings. The minimum atomic E-state index is -0.0862. The number of carbonyl (C=O) groups is 1. The van der Waals surface area contributed by atoms with Crippen molar-refractivity contribution in [3.8, 4) is 5.75 Å². The van der Waals surface area contributed by atoms with Crippen LogP contribution < -0.4 is 8.27 Å². The SMILES string of the molecule is O=C(COCCCCCCOc1ccccc1)NI. The summed E-state index contributed by atoms with van der Waals surface area (Å²) in [6.07, 6.45) is 4.25. The molecule has 1 N–H and O–H groups in total. The predicted molar refractivity (Wildman–Crippen MR) is 83.4 cm³/mol. The molecule has 1 rings (SSSR count). The monoisotopic (exact) mass is 377 g/mol. The van der Waals surface area contributed by atoms with E-state index in [0.29, 0.717) is 6.61 Å². The zero-order valence-electron chi connectivity index (χ0n) is 10.9. The molecule has 0 saturated heterocycles. The molecule has 19 heavy (non-hydrogen) atoms. The van der Waals surface area contributed by atoms with Crippen LogP contribution in [0.5, 0.6) is 5.75 Å². The van der Waals surface area contributed by atoms with Gasteiger partial charge in [-0.05, 0) is 31.4 Å². The number of benzene rings is 1. The van der Waals surface area contributed by atoms with Crippen molar-refractivity contribution in [3.05, 3.63) is 30.3 Å². The number of halogens is 1. The Kier molecular flexibility index (Phi) is 9.44. The van der Waals surface area contributed by atoms with E-state index in [1.165, 1.54) is 0 Å². The largest absolute Gasteiger partial charge is 0.494 e. The Bertz CT molecular complexity index is 346. The molecule has 0 fully saturated rings. The van der Waals surface area contributed by atoms with Crippen LogP contribution in [0.2, 0.25) is 0 Å². The number of para-hydroxylation sites is 1. The molecule has 0 spiro atoms. The number of nitrogens with one attached hydrogen (secondary N) is 1. The molecule has 5 heteroatoms. The van der Waals surface area contributed by atoms with Gasteiger partial charge in [0.1, 0.15) is 12.4 Å². The van der Waals surface area contributed by atoms with Crippen LogP contribution in [0, 0.1) is 0 Å². The van der Waals surface area contributed by atoms with Crippen molar-refractivity contribution in [2.45, 2.75) is 25.7 Å². The molecule has 0 atom stereocenters. The van der Waals surface area contributed by atoms with E-state index < -0.39 is 0 Å². The van der Waals surface area contributed by atoms with Crippen LogP contribution >= 0.6 is 22.9 Å². The number of rotatable bonds is 10. The molecule has 106 valence electrons. The summed E-state index contributed by atoms with van der Waals surface area (Å²) < 4.78 is 13.3. The Morgan fingerprint density at radius 1 is 1.05 bits per heavy atom. The standard InChI is InChI=1S/C14H20INO3/c15-16-14(17)12-18-10-6-1-2-7-11-19-13-8-4-3-5-9-13/h3-5,8-9H,1-2,6-7,10-12H2,(H,16,17). The maximum atomic E-state index is 10.9. The van der Waals surface area contributed by atoms with E-state index in [0.717, 1.165) is 38.0 Å². The van der Waals surface area contributed by atoms with E-state index in [2.05, 4.69) is 3.53 Å². The molecule has 1 amide bonds. The summed E-state index contributed by atoms with van der Waals surface area (Å²) in [6, 6.07) is 9.85. The summed E-state index contributed by atoms with van der Waals surface area (Å²) in [6.45, 7) is 1.55. The van der Waals surface area contributed by atoms with Crippen molar-refractivity contribution in [2.75, 3.05) is 19.8 Å². The van der Waals surface area contributed by atoms with Gasteiger partial charge in [-0.3, -0.25) is 8.32 Å². The zero-order valence-corrected chi connectivity index (χ0v) is 13.1. The molecular weight excluding hydrogens is 357 g/mol. The molecule has 0 unspecified atom stereocenters. The van der Waals surface area contributed by atoms with Crippen LogP contribution in [0.4, 0.5) is 0 Å². The molecule has 0 aliphatic rings. The molecule has 0 aliphatic heterocycles. The van der Waals surface area contributed by atoms with Crippen molar-refractivity contribution >= 4 is 28.8 Å².